The quantitative estimate of drug-likeness (QED) is 0.0388. The zero-order chi connectivity index (χ0) is 59.5. The molecule has 0 spiro atoms. The van der Waals surface area contributed by atoms with Crippen LogP contribution in [0.15, 0.2) is 133 Å². The smallest absolute Gasteiger partial charge is 0.412 e. The second-order valence-corrected chi connectivity index (χ2v) is 20.9. The largest absolute Gasteiger partial charge is 0.449 e. The van der Waals surface area contributed by atoms with Crippen molar-refractivity contribution in [2.24, 2.45) is 0 Å². The van der Waals surface area contributed by atoms with E-state index in [-0.39, 0.29) is 54.0 Å². The number of ether oxygens (including phenoxy) is 9. The summed E-state index contributed by atoms with van der Waals surface area (Å²) in [6.07, 6.45) is -24.6. The standard InChI is InChI=1S/C58H54Cl4N4O17/c1-29-15-30(2)18-39(17-29)65-57(73)82-47-45(67)43(27-75-55(71)63-41-23-35(59)21-36(60)24-41)78-54(50(47)80-52(69)34-13-9-6-10-14-34)81-46-44(28-76-56(72)64-42-25-37(61)22-38(62)26-42)77-53(70)49(79-51(68)33-11-7-5-8-12-33)48(46)83-58(74)66-40-19-31(3)16-32(4)20-40/h5-26,43-50,53-54,67,70H,27-28H2,1-4H3,(H,63,71)(H,64,72)(H,65,73)(H,66,74)/t43-,44-,45-,46-,47+,48+,49-,50-,53+,54-/m1/s1. The number of aliphatic hydroxyl groups is 2. The van der Waals surface area contributed by atoms with Gasteiger partial charge in [0.2, 0.25) is 0 Å². The molecule has 2 aliphatic rings. The van der Waals surface area contributed by atoms with Crippen LogP contribution in [0.2, 0.25) is 20.1 Å². The topological polar surface area (TPSA) is 274 Å². The Morgan fingerprint density at radius 3 is 1.27 bits per heavy atom. The van der Waals surface area contributed by atoms with Gasteiger partial charge in [0.25, 0.3) is 0 Å². The molecule has 8 rings (SSSR count). The minimum atomic E-state index is -2.19. The maximum atomic E-state index is 14.3. The molecule has 2 heterocycles. The average molecular weight is 1220 g/mol. The maximum Gasteiger partial charge on any atom is 0.412 e. The van der Waals surface area contributed by atoms with Crippen molar-refractivity contribution in [1.29, 1.82) is 0 Å². The van der Waals surface area contributed by atoms with Gasteiger partial charge in [0, 0.05) is 42.8 Å². The van der Waals surface area contributed by atoms with Crippen LogP contribution in [-0.4, -0.2) is 121 Å². The third-order valence-electron chi connectivity index (χ3n) is 12.4. The van der Waals surface area contributed by atoms with Crippen molar-refractivity contribution in [2.45, 2.75) is 89.1 Å². The summed E-state index contributed by atoms with van der Waals surface area (Å²) in [5, 5.41) is 35.0. The highest BCUT2D eigenvalue weighted by Gasteiger charge is 2.57. The second-order valence-electron chi connectivity index (χ2n) is 19.2. The van der Waals surface area contributed by atoms with E-state index in [0.29, 0.717) is 0 Å². The number of carbonyl (C=O) groups excluding carboxylic acids is 6. The van der Waals surface area contributed by atoms with E-state index in [9.17, 15) is 39.0 Å². The van der Waals surface area contributed by atoms with Gasteiger partial charge in [-0.1, -0.05) is 94.9 Å². The number of halogens is 4. The Kier molecular flexibility index (Phi) is 20.7. The highest BCUT2D eigenvalue weighted by molar-refractivity contribution is 6.35. The zero-order valence-electron chi connectivity index (χ0n) is 44.4. The van der Waals surface area contributed by atoms with E-state index in [1.54, 1.807) is 76.2 Å². The molecule has 83 heavy (non-hydrogen) atoms. The molecular weight excluding hydrogens is 1170 g/mol. The van der Waals surface area contributed by atoms with Gasteiger partial charge >= 0.3 is 36.3 Å². The van der Waals surface area contributed by atoms with E-state index >= 15 is 0 Å². The molecule has 0 aliphatic carbocycles. The fraction of sp³-hybridized carbons (Fsp3) is 0.276. The first kappa shape index (κ1) is 61.4. The lowest BCUT2D eigenvalue weighted by atomic mass is 9.96. The SMILES string of the molecule is Cc1cc(C)cc(NC(=O)O[C@@H]2[C@@H](OC(=O)c3ccccc3)[C@@H](O)O[C@H](COC(=O)Nc3cc(Cl)cc(Cl)c3)[C@H]2O[C@H]2O[C@H](COC(=O)Nc3cc(Cl)cc(Cl)c3)[C@@H](O)[C@H](OC(=O)Nc3cc(C)cc(C)c3)[C@H]2OC(=O)c2ccccc2)c1. The Morgan fingerprint density at radius 1 is 0.434 bits per heavy atom. The molecule has 6 aromatic carbocycles. The van der Waals surface area contributed by atoms with Gasteiger partial charge in [0.05, 0.1) is 11.1 Å². The lowest BCUT2D eigenvalue weighted by molar-refractivity contribution is -0.352. The fourth-order valence-electron chi connectivity index (χ4n) is 9.05. The molecule has 21 nitrogen and oxygen atoms in total. The number of anilines is 4. The van der Waals surface area contributed by atoms with Crippen molar-refractivity contribution in [3.63, 3.8) is 0 Å². The summed E-state index contributed by atoms with van der Waals surface area (Å²) in [6.45, 7) is 5.43. The van der Waals surface area contributed by atoms with Crippen LogP contribution < -0.4 is 21.3 Å². The number of hydrogen-bond acceptors (Lipinski definition) is 17. The zero-order valence-corrected chi connectivity index (χ0v) is 47.4. The Balaban J connectivity index is 1.21. The van der Waals surface area contributed by atoms with Gasteiger partial charge in [-0.2, -0.15) is 0 Å². The van der Waals surface area contributed by atoms with Gasteiger partial charge in [-0.05, 0) is 135 Å². The lowest BCUT2D eigenvalue weighted by Gasteiger charge is -2.47. The van der Waals surface area contributed by atoms with Crippen LogP contribution in [0.5, 0.6) is 0 Å². The molecule has 6 N–H and O–H groups in total. The fourth-order valence-corrected chi connectivity index (χ4v) is 10.1. The molecular formula is C58H54Cl4N4O17. The van der Waals surface area contributed by atoms with Crippen LogP contribution in [0.4, 0.5) is 41.9 Å². The minimum absolute atomic E-state index is 0.0132. The minimum Gasteiger partial charge on any atom is -0.449 e. The van der Waals surface area contributed by atoms with Gasteiger partial charge in [-0.3, -0.25) is 21.3 Å². The van der Waals surface area contributed by atoms with Gasteiger partial charge < -0.3 is 52.8 Å². The number of benzene rings is 6. The summed E-state index contributed by atoms with van der Waals surface area (Å²) in [7, 11) is 0. The van der Waals surface area contributed by atoms with Crippen LogP contribution in [0.3, 0.4) is 0 Å². The Labute approximate surface area is 495 Å². The van der Waals surface area contributed by atoms with Gasteiger partial charge in [-0.15, -0.1) is 0 Å². The molecule has 10 atom stereocenters. The molecule has 0 aromatic heterocycles. The molecule has 4 amide bonds. The molecule has 0 saturated carbocycles. The first-order valence-electron chi connectivity index (χ1n) is 25.4. The van der Waals surface area contributed by atoms with E-state index in [2.05, 4.69) is 21.3 Å². The number of amides is 4. The molecule has 0 unspecified atom stereocenters. The molecule has 0 bridgehead atoms. The number of esters is 2. The number of aryl methyl sites for hydroxylation is 4. The summed E-state index contributed by atoms with van der Waals surface area (Å²) in [4.78, 5) is 83.5. The molecule has 2 saturated heterocycles. The van der Waals surface area contributed by atoms with E-state index in [1.807, 2.05) is 12.1 Å². The summed E-state index contributed by atoms with van der Waals surface area (Å²) < 4.78 is 54.3. The van der Waals surface area contributed by atoms with Crippen molar-refractivity contribution >= 4 is 105 Å². The van der Waals surface area contributed by atoms with Crippen LogP contribution in [-0.2, 0) is 42.6 Å². The summed E-state index contributed by atoms with van der Waals surface area (Å²) in [5.74, 6) is -2.11. The van der Waals surface area contributed by atoms with Crippen molar-refractivity contribution in [1.82, 2.24) is 0 Å². The van der Waals surface area contributed by atoms with E-state index in [0.717, 1.165) is 22.3 Å². The van der Waals surface area contributed by atoms with Gasteiger partial charge in [-0.25, -0.2) is 28.8 Å². The monoisotopic (exact) mass is 1220 g/mol. The van der Waals surface area contributed by atoms with Crippen molar-refractivity contribution in [3.8, 4) is 0 Å². The second kappa shape index (κ2) is 28.0. The Morgan fingerprint density at radius 2 is 0.819 bits per heavy atom. The number of hydrogen-bond donors (Lipinski definition) is 6. The van der Waals surface area contributed by atoms with E-state index < -0.39 is 111 Å². The summed E-state index contributed by atoms with van der Waals surface area (Å²) >= 11 is 24.7. The van der Waals surface area contributed by atoms with Crippen LogP contribution >= 0.6 is 46.4 Å². The van der Waals surface area contributed by atoms with Crippen molar-refractivity contribution in [3.05, 3.63) is 187 Å². The maximum absolute atomic E-state index is 14.3. The number of carbonyl (C=O) groups is 6. The van der Waals surface area contributed by atoms with Crippen LogP contribution in [0.25, 0.3) is 0 Å². The number of aliphatic hydroxyl groups excluding tert-OH is 2. The first-order chi connectivity index (χ1) is 39.6. The van der Waals surface area contributed by atoms with E-state index in [1.165, 1.54) is 72.8 Å². The molecule has 0 radical (unpaired) electrons. The first-order valence-corrected chi connectivity index (χ1v) is 26.9. The van der Waals surface area contributed by atoms with Crippen molar-refractivity contribution in [2.75, 3.05) is 34.5 Å². The van der Waals surface area contributed by atoms with Crippen molar-refractivity contribution < 1.29 is 81.6 Å². The predicted molar refractivity (Wildman–Crippen MR) is 304 cm³/mol. The van der Waals surface area contributed by atoms with Gasteiger partial charge in [0.1, 0.15) is 37.6 Å². The molecule has 436 valence electrons. The summed E-state index contributed by atoms with van der Waals surface area (Å²) in [5.41, 5.74) is 3.74. The predicted octanol–water partition coefficient (Wildman–Crippen LogP) is 11.2. The van der Waals surface area contributed by atoms with E-state index in [4.69, 9.17) is 89.0 Å². The Bertz CT molecular complexity index is 3250. The third kappa shape index (κ3) is 17.2. The number of nitrogens with one attached hydrogen (secondary N) is 4. The number of rotatable bonds is 16. The van der Waals surface area contributed by atoms with Gasteiger partial charge in [0.15, 0.2) is 37.0 Å². The van der Waals surface area contributed by atoms with Crippen LogP contribution in [0.1, 0.15) is 43.0 Å². The average Bonchev–Trinajstić information content (AvgIpc) is 3.04. The normalized spacial score (nSPS) is 22.0. The molecule has 2 fully saturated rings. The third-order valence-corrected chi connectivity index (χ3v) is 13.3. The van der Waals surface area contributed by atoms with Crippen LogP contribution in [0, 0.1) is 27.7 Å². The molecule has 2 aliphatic heterocycles. The highest BCUT2D eigenvalue weighted by atomic mass is 35.5. The Hall–Kier alpha value is -7.70. The molecule has 25 heteroatoms. The lowest BCUT2D eigenvalue weighted by Crippen LogP contribution is -2.67. The molecule has 6 aromatic rings. The highest BCUT2D eigenvalue weighted by Crippen LogP contribution is 2.36. The summed E-state index contributed by atoms with van der Waals surface area (Å²) in [6, 6.07) is 33.6.